The molecule has 1 aliphatic heterocycles. The molecule has 2 aromatic carbocycles. The average Bonchev–Trinajstić information content (AvgIpc) is 2.99. The van der Waals surface area contributed by atoms with Gasteiger partial charge in [-0.2, -0.15) is 0 Å². The minimum atomic E-state index is -3.58. The van der Waals surface area contributed by atoms with Crippen molar-refractivity contribution in [3.05, 3.63) is 54.1 Å². The lowest BCUT2D eigenvalue weighted by molar-refractivity contribution is 0.171. The summed E-state index contributed by atoms with van der Waals surface area (Å²) in [6.45, 7) is 0.323. The third-order valence-corrected chi connectivity index (χ3v) is 7.17. The molecule has 1 fully saturated rings. The predicted molar refractivity (Wildman–Crippen MR) is 91.5 cm³/mol. The molecule has 0 unspecified atom stereocenters. The van der Waals surface area contributed by atoms with Gasteiger partial charge in [0, 0.05) is 13.0 Å². The largest absolute Gasteiger partial charge is 0.454 e. The predicted octanol–water partition coefficient (Wildman–Crippen LogP) is 1.70. The molecular weight excluding hydrogens is 342 g/mol. The van der Waals surface area contributed by atoms with Gasteiger partial charge in [-0.05, 0) is 29.8 Å². The molecule has 132 valence electrons. The van der Waals surface area contributed by atoms with E-state index < -0.39 is 20.6 Å². The molecule has 2 aromatic rings. The van der Waals surface area contributed by atoms with Crippen LogP contribution >= 0.6 is 0 Å². The topological polar surface area (TPSA) is 87.8 Å². The van der Waals surface area contributed by atoms with Gasteiger partial charge in [-0.15, -0.1) is 0 Å². The van der Waals surface area contributed by atoms with E-state index in [9.17, 15) is 8.42 Å². The van der Waals surface area contributed by atoms with E-state index >= 15 is 0 Å². The minimum Gasteiger partial charge on any atom is -0.454 e. The van der Waals surface area contributed by atoms with Crippen LogP contribution in [-0.2, 0) is 14.6 Å². The highest BCUT2D eigenvalue weighted by Gasteiger charge is 2.69. The molecule has 1 aliphatic carbocycles. The van der Waals surface area contributed by atoms with Gasteiger partial charge in [0.2, 0.25) is 6.79 Å². The van der Waals surface area contributed by atoms with Gasteiger partial charge in [-0.1, -0.05) is 24.3 Å². The Morgan fingerprint density at radius 3 is 2.60 bits per heavy atom. The zero-order valence-electron chi connectivity index (χ0n) is 13.7. The first kappa shape index (κ1) is 16.4. The first-order chi connectivity index (χ1) is 12.0. The summed E-state index contributed by atoms with van der Waals surface area (Å²) in [6.07, 6.45) is 0. The molecular formula is C18H19NO5S. The van der Waals surface area contributed by atoms with Crippen LogP contribution in [0.3, 0.4) is 0 Å². The molecule has 4 rings (SSSR count). The highest BCUT2D eigenvalue weighted by Crippen LogP contribution is 2.56. The molecule has 0 saturated heterocycles. The highest BCUT2D eigenvalue weighted by molar-refractivity contribution is 7.92. The van der Waals surface area contributed by atoms with E-state index in [0.717, 1.165) is 5.56 Å². The maximum absolute atomic E-state index is 13.1. The summed E-state index contributed by atoms with van der Waals surface area (Å²) >= 11 is 0. The van der Waals surface area contributed by atoms with Crippen molar-refractivity contribution in [2.75, 3.05) is 20.5 Å². The Labute approximate surface area is 146 Å². The fraction of sp³-hybridized carbons (Fsp3) is 0.333. The first-order valence-corrected chi connectivity index (χ1v) is 9.49. The fourth-order valence-electron chi connectivity index (χ4n) is 3.66. The quantitative estimate of drug-likeness (QED) is 0.872. The maximum atomic E-state index is 13.1. The molecule has 0 spiro atoms. The van der Waals surface area contributed by atoms with Gasteiger partial charge < -0.3 is 19.9 Å². The van der Waals surface area contributed by atoms with Crippen molar-refractivity contribution in [1.29, 1.82) is 0 Å². The van der Waals surface area contributed by atoms with Crippen molar-refractivity contribution >= 4 is 9.84 Å². The second-order valence-corrected chi connectivity index (χ2v) is 8.48. The Morgan fingerprint density at radius 2 is 1.88 bits per heavy atom. The standard InChI is InChI=1S/C18H19NO5S/c1-22-10-18(19)16(12-7-8-14-15(9-12)24-11-23-14)17(18)25(20,21)13-5-3-2-4-6-13/h2-9,16-17H,10-11,19H2,1H3/t16-,17+,18-/m1/s1. The SMILES string of the molecule is COC[C@@]1(N)[C@H](c2ccc3c(c2)OCO3)[C@@H]1S(=O)(=O)c1ccccc1. The Morgan fingerprint density at radius 1 is 1.16 bits per heavy atom. The van der Waals surface area contributed by atoms with E-state index in [0.29, 0.717) is 11.5 Å². The molecule has 0 amide bonds. The molecule has 0 radical (unpaired) electrons. The third kappa shape index (κ3) is 2.50. The summed E-state index contributed by atoms with van der Waals surface area (Å²) < 4.78 is 42.2. The maximum Gasteiger partial charge on any atom is 0.231 e. The lowest BCUT2D eigenvalue weighted by atomic mass is 10.1. The second-order valence-electron chi connectivity index (χ2n) is 6.41. The molecule has 0 bridgehead atoms. The summed E-state index contributed by atoms with van der Waals surface area (Å²) in [4.78, 5) is 0.272. The Bertz CT molecular complexity index is 899. The molecule has 1 heterocycles. The molecule has 2 N–H and O–H groups in total. The molecule has 3 atom stereocenters. The molecule has 2 aliphatic rings. The van der Waals surface area contributed by atoms with E-state index in [4.69, 9.17) is 19.9 Å². The van der Waals surface area contributed by atoms with Gasteiger partial charge in [0.25, 0.3) is 0 Å². The van der Waals surface area contributed by atoms with Gasteiger partial charge in [0.15, 0.2) is 21.3 Å². The third-order valence-electron chi connectivity index (χ3n) is 4.86. The summed E-state index contributed by atoms with van der Waals surface area (Å²) in [5.41, 5.74) is 6.31. The van der Waals surface area contributed by atoms with Crippen LogP contribution in [0.2, 0.25) is 0 Å². The Balaban J connectivity index is 1.74. The number of fused-ring (bicyclic) bond motifs is 1. The number of methoxy groups -OCH3 is 1. The van der Waals surface area contributed by atoms with Crippen molar-refractivity contribution in [3.63, 3.8) is 0 Å². The van der Waals surface area contributed by atoms with Gasteiger partial charge in [-0.25, -0.2) is 8.42 Å². The summed E-state index contributed by atoms with van der Waals surface area (Å²) in [5, 5.41) is -0.747. The van der Waals surface area contributed by atoms with Crippen LogP contribution in [0.4, 0.5) is 0 Å². The smallest absolute Gasteiger partial charge is 0.231 e. The van der Waals surface area contributed by atoms with Crippen molar-refractivity contribution in [2.45, 2.75) is 21.6 Å². The van der Waals surface area contributed by atoms with E-state index in [1.54, 1.807) is 36.4 Å². The monoisotopic (exact) mass is 361 g/mol. The number of hydrogen-bond donors (Lipinski definition) is 1. The van der Waals surface area contributed by atoms with Gasteiger partial charge in [0.05, 0.1) is 22.3 Å². The van der Waals surface area contributed by atoms with Crippen LogP contribution in [-0.4, -0.2) is 39.7 Å². The number of sulfone groups is 1. The van der Waals surface area contributed by atoms with Crippen molar-refractivity contribution in [1.82, 2.24) is 0 Å². The van der Waals surface area contributed by atoms with Crippen molar-refractivity contribution in [2.24, 2.45) is 5.73 Å². The van der Waals surface area contributed by atoms with Crippen LogP contribution in [0, 0.1) is 0 Å². The lowest BCUT2D eigenvalue weighted by Crippen LogP contribution is -2.35. The van der Waals surface area contributed by atoms with E-state index in [-0.39, 0.29) is 24.2 Å². The normalized spacial score (nSPS) is 27.3. The van der Waals surface area contributed by atoms with E-state index in [1.165, 1.54) is 7.11 Å². The number of ether oxygens (including phenoxy) is 3. The molecule has 0 aromatic heterocycles. The van der Waals surface area contributed by atoms with Crippen LogP contribution < -0.4 is 15.2 Å². The van der Waals surface area contributed by atoms with Crippen LogP contribution in [0.25, 0.3) is 0 Å². The van der Waals surface area contributed by atoms with Crippen molar-refractivity contribution < 1.29 is 22.6 Å². The number of benzene rings is 2. The van der Waals surface area contributed by atoms with Gasteiger partial charge in [-0.3, -0.25) is 0 Å². The second kappa shape index (κ2) is 5.72. The van der Waals surface area contributed by atoms with Gasteiger partial charge in [0.1, 0.15) is 0 Å². The van der Waals surface area contributed by atoms with E-state index in [1.807, 2.05) is 12.1 Å². The van der Waals surface area contributed by atoms with Crippen LogP contribution in [0.5, 0.6) is 11.5 Å². The number of rotatable bonds is 5. The number of hydrogen-bond acceptors (Lipinski definition) is 6. The number of nitrogens with two attached hydrogens (primary N) is 1. The Kier molecular flexibility index (Phi) is 3.75. The minimum absolute atomic E-state index is 0.156. The summed E-state index contributed by atoms with van der Waals surface area (Å²) in [6, 6.07) is 13.8. The fourth-order valence-corrected chi connectivity index (χ4v) is 5.97. The lowest BCUT2D eigenvalue weighted by Gasteiger charge is -2.11. The zero-order chi connectivity index (χ0) is 17.7. The van der Waals surface area contributed by atoms with Crippen LogP contribution in [0.1, 0.15) is 11.5 Å². The average molecular weight is 361 g/mol. The van der Waals surface area contributed by atoms with Crippen LogP contribution in [0.15, 0.2) is 53.4 Å². The molecule has 1 saturated carbocycles. The Hall–Kier alpha value is -2.09. The zero-order valence-corrected chi connectivity index (χ0v) is 14.5. The first-order valence-electron chi connectivity index (χ1n) is 7.95. The molecule has 7 heteroatoms. The van der Waals surface area contributed by atoms with Crippen molar-refractivity contribution in [3.8, 4) is 11.5 Å². The summed E-state index contributed by atoms with van der Waals surface area (Å²) in [5.74, 6) is 0.897. The highest BCUT2D eigenvalue weighted by atomic mass is 32.2. The molecule has 6 nitrogen and oxygen atoms in total. The van der Waals surface area contributed by atoms with E-state index in [2.05, 4.69) is 0 Å². The summed E-state index contributed by atoms with van der Waals surface area (Å²) in [7, 11) is -2.06. The van der Waals surface area contributed by atoms with Gasteiger partial charge >= 0.3 is 0 Å². The molecule has 25 heavy (non-hydrogen) atoms.